The highest BCUT2D eigenvalue weighted by Gasteiger charge is 2.20. The summed E-state index contributed by atoms with van der Waals surface area (Å²) in [5.74, 6) is -0.0743. The third-order valence-corrected chi connectivity index (χ3v) is 3.83. The van der Waals surface area contributed by atoms with Gasteiger partial charge in [0.15, 0.2) is 0 Å². The van der Waals surface area contributed by atoms with Crippen molar-refractivity contribution in [3.05, 3.63) is 58.6 Å². The SMILES string of the molecule is CCCN(C(=O)c1cccc(Cl)c1C)c1ccccc1N. The number of hydrogen-bond acceptors (Lipinski definition) is 2. The monoisotopic (exact) mass is 302 g/mol. The van der Waals surface area contributed by atoms with Crippen LogP contribution in [-0.2, 0) is 0 Å². The van der Waals surface area contributed by atoms with Crippen LogP contribution in [0.1, 0.15) is 29.3 Å². The fraction of sp³-hybridized carbons (Fsp3) is 0.235. The van der Waals surface area contributed by atoms with Crippen molar-refractivity contribution in [1.82, 2.24) is 0 Å². The number of halogens is 1. The summed E-state index contributed by atoms with van der Waals surface area (Å²) in [4.78, 5) is 14.6. The molecule has 0 atom stereocenters. The average Bonchev–Trinajstić information content (AvgIpc) is 2.48. The van der Waals surface area contributed by atoms with Crippen molar-refractivity contribution >= 4 is 28.9 Å². The number of nitrogen functional groups attached to an aromatic ring is 1. The molecular formula is C17H19ClN2O. The summed E-state index contributed by atoms with van der Waals surface area (Å²) in [5, 5.41) is 0.596. The van der Waals surface area contributed by atoms with Crippen molar-refractivity contribution < 1.29 is 4.79 Å². The first-order valence-corrected chi connectivity index (χ1v) is 7.35. The van der Waals surface area contributed by atoms with Gasteiger partial charge in [0.1, 0.15) is 0 Å². The largest absolute Gasteiger partial charge is 0.397 e. The van der Waals surface area contributed by atoms with Gasteiger partial charge < -0.3 is 10.6 Å². The normalized spacial score (nSPS) is 10.4. The minimum Gasteiger partial charge on any atom is -0.397 e. The van der Waals surface area contributed by atoms with Crippen LogP contribution < -0.4 is 10.6 Å². The Labute approximate surface area is 130 Å². The lowest BCUT2D eigenvalue weighted by molar-refractivity contribution is 0.0986. The maximum atomic E-state index is 12.9. The molecule has 2 N–H and O–H groups in total. The molecule has 0 unspecified atom stereocenters. The predicted octanol–water partition coefficient (Wildman–Crippen LogP) is 4.29. The molecule has 0 spiro atoms. The molecule has 0 fully saturated rings. The third kappa shape index (κ3) is 3.19. The quantitative estimate of drug-likeness (QED) is 0.857. The summed E-state index contributed by atoms with van der Waals surface area (Å²) in [6, 6.07) is 12.8. The number of nitrogens with zero attached hydrogens (tertiary/aromatic N) is 1. The Kier molecular flexibility index (Phi) is 4.86. The molecule has 2 aromatic carbocycles. The van der Waals surface area contributed by atoms with Gasteiger partial charge in [0.05, 0.1) is 11.4 Å². The third-order valence-electron chi connectivity index (χ3n) is 3.42. The maximum absolute atomic E-state index is 12.9. The average molecular weight is 303 g/mol. The summed E-state index contributed by atoms with van der Waals surface area (Å²) in [6.07, 6.45) is 0.847. The van der Waals surface area contributed by atoms with Crippen molar-refractivity contribution in [2.24, 2.45) is 0 Å². The maximum Gasteiger partial charge on any atom is 0.258 e. The minimum absolute atomic E-state index is 0.0743. The Balaban J connectivity index is 2.46. The van der Waals surface area contributed by atoms with Crippen molar-refractivity contribution in [1.29, 1.82) is 0 Å². The van der Waals surface area contributed by atoms with Crippen molar-refractivity contribution in [3.8, 4) is 0 Å². The molecule has 0 heterocycles. The van der Waals surface area contributed by atoms with Crippen molar-refractivity contribution in [2.45, 2.75) is 20.3 Å². The first kappa shape index (κ1) is 15.4. The van der Waals surface area contributed by atoms with E-state index in [0.29, 0.717) is 22.8 Å². The van der Waals surface area contributed by atoms with Crippen LogP contribution in [0.5, 0.6) is 0 Å². The van der Waals surface area contributed by atoms with E-state index in [2.05, 4.69) is 0 Å². The van der Waals surface area contributed by atoms with E-state index in [-0.39, 0.29) is 5.91 Å². The molecule has 1 amide bonds. The number of carbonyl (C=O) groups excluding carboxylic acids is 1. The van der Waals surface area contributed by atoms with E-state index < -0.39 is 0 Å². The topological polar surface area (TPSA) is 46.3 Å². The molecule has 0 bridgehead atoms. The van der Waals surface area contributed by atoms with Crippen LogP contribution in [0.25, 0.3) is 0 Å². The van der Waals surface area contributed by atoms with Gasteiger partial charge in [-0.05, 0) is 43.2 Å². The van der Waals surface area contributed by atoms with Gasteiger partial charge in [0.2, 0.25) is 0 Å². The number of rotatable bonds is 4. The molecule has 4 heteroatoms. The molecular weight excluding hydrogens is 284 g/mol. The Morgan fingerprint density at radius 3 is 2.57 bits per heavy atom. The lowest BCUT2D eigenvalue weighted by Gasteiger charge is -2.24. The van der Waals surface area contributed by atoms with Crippen molar-refractivity contribution in [3.63, 3.8) is 0 Å². The zero-order valence-corrected chi connectivity index (χ0v) is 13.0. The molecule has 0 aliphatic heterocycles. The summed E-state index contributed by atoms with van der Waals surface area (Å²) in [7, 11) is 0. The fourth-order valence-corrected chi connectivity index (χ4v) is 2.45. The number of amides is 1. The number of hydrogen-bond donors (Lipinski definition) is 1. The first-order valence-electron chi connectivity index (χ1n) is 6.97. The van der Waals surface area contributed by atoms with E-state index in [4.69, 9.17) is 17.3 Å². The fourth-order valence-electron chi connectivity index (χ4n) is 2.27. The molecule has 0 aliphatic rings. The molecule has 0 saturated carbocycles. The highest BCUT2D eigenvalue weighted by Crippen LogP contribution is 2.27. The van der Waals surface area contributed by atoms with Crippen LogP contribution in [0.15, 0.2) is 42.5 Å². The van der Waals surface area contributed by atoms with Gasteiger partial charge in [-0.15, -0.1) is 0 Å². The van der Waals surface area contributed by atoms with Crippen molar-refractivity contribution in [2.75, 3.05) is 17.2 Å². The van der Waals surface area contributed by atoms with Gasteiger partial charge in [-0.25, -0.2) is 0 Å². The van der Waals surface area contributed by atoms with Gasteiger partial charge in [0, 0.05) is 17.1 Å². The number of carbonyl (C=O) groups is 1. The van der Waals surface area contributed by atoms with Gasteiger partial charge >= 0.3 is 0 Å². The van der Waals surface area contributed by atoms with Gasteiger partial charge in [0.25, 0.3) is 5.91 Å². The van der Waals surface area contributed by atoms with E-state index in [1.807, 2.05) is 32.0 Å². The lowest BCUT2D eigenvalue weighted by atomic mass is 10.1. The van der Waals surface area contributed by atoms with E-state index in [1.165, 1.54) is 0 Å². The molecule has 21 heavy (non-hydrogen) atoms. The van der Waals surface area contributed by atoms with Crippen LogP contribution >= 0.6 is 11.6 Å². The second-order valence-electron chi connectivity index (χ2n) is 4.93. The second kappa shape index (κ2) is 6.64. The van der Waals surface area contributed by atoms with E-state index in [1.54, 1.807) is 29.2 Å². The Bertz CT molecular complexity index is 655. The minimum atomic E-state index is -0.0743. The molecule has 2 aromatic rings. The smallest absolute Gasteiger partial charge is 0.258 e. The molecule has 0 aliphatic carbocycles. The Morgan fingerprint density at radius 1 is 1.19 bits per heavy atom. The van der Waals surface area contributed by atoms with Crippen LogP contribution in [-0.4, -0.2) is 12.5 Å². The zero-order chi connectivity index (χ0) is 15.4. The predicted molar refractivity (Wildman–Crippen MR) is 89.0 cm³/mol. The van der Waals surface area contributed by atoms with Crippen LogP contribution in [0.2, 0.25) is 5.02 Å². The van der Waals surface area contributed by atoms with E-state index in [9.17, 15) is 4.79 Å². The van der Waals surface area contributed by atoms with Gasteiger partial charge in [-0.2, -0.15) is 0 Å². The molecule has 3 nitrogen and oxygen atoms in total. The Hall–Kier alpha value is -2.00. The number of benzene rings is 2. The molecule has 2 rings (SSSR count). The van der Waals surface area contributed by atoms with Crippen LogP contribution in [0.3, 0.4) is 0 Å². The molecule has 0 radical (unpaired) electrons. The van der Waals surface area contributed by atoms with E-state index in [0.717, 1.165) is 17.7 Å². The molecule has 0 saturated heterocycles. The van der Waals surface area contributed by atoms with Gasteiger partial charge in [-0.1, -0.05) is 36.7 Å². The molecule has 0 aromatic heterocycles. The van der Waals surface area contributed by atoms with Crippen LogP contribution in [0.4, 0.5) is 11.4 Å². The summed E-state index contributed by atoms with van der Waals surface area (Å²) in [5.41, 5.74) is 8.75. The standard InChI is InChI=1S/C17H19ClN2O/c1-3-11-20(16-10-5-4-9-15(16)19)17(21)13-7-6-8-14(18)12(13)2/h4-10H,3,11,19H2,1-2H3. The van der Waals surface area contributed by atoms with Crippen LogP contribution in [0, 0.1) is 6.92 Å². The zero-order valence-electron chi connectivity index (χ0n) is 12.3. The first-order chi connectivity index (χ1) is 10.1. The number of nitrogens with two attached hydrogens (primary N) is 1. The Morgan fingerprint density at radius 2 is 1.90 bits per heavy atom. The van der Waals surface area contributed by atoms with E-state index >= 15 is 0 Å². The lowest BCUT2D eigenvalue weighted by Crippen LogP contribution is -2.32. The second-order valence-corrected chi connectivity index (χ2v) is 5.34. The number of anilines is 2. The highest BCUT2D eigenvalue weighted by molar-refractivity contribution is 6.32. The molecule has 110 valence electrons. The summed E-state index contributed by atoms with van der Waals surface area (Å²) >= 11 is 6.12. The number of para-hydroxylation sites is 2. The summed E-state index contributed by atoms with van der Waals surface area (Å²) in [6.45, 7) is 4.50. The summed E-state index contributed by atoms with van der Waals surface area (Å²) < 4.78 is 0. The van der Waals surface area contributed by atoms with Gasteiger partial charge in [-0.3, -0.25) is 4.79 Å². The highest BCUT2D eigenvalue weighted by atomic mass is 35.5.